The maximum absolute atomic E-state index is 10.8. The first-order chi connectivity index (χ1) is 5.27. The molecule has 2 N–H and O–H groups in total. The first-order valence-electron chi connectivity index (χ1n) is 3.25. The summed E-state index contributed by atoms with van der Waals surface area (Å²) in [5.41, 5.74) is 5.23. The number of nitrogens with two attached hydrogens (primary N) is 1. The molecule has 0 amide bonds. The minimum Gasteiger partial charge on any atom is -0.466 e. The van der Waals surface area contributed by atoms with Crippen molar-refractivity contribution in [1.82, 2.24) is 0 Å². The van der Waals surface area contributed by atoms with Crippen molar-refractivity contribution < 1.29 is 14.3 Å². The molecule has 0 spiro atoms. The number of methoxy groups -OCH3 is 1. The maximum atomic E-state index is 10.8. The molecule has 1 heterocycles. The second kappa shape index (κ2) is 3.34. The number of hydrogen-bond acceptors (Lipinski definition) is 5. The minimum atomic E-state index is -0.585. The van der Waals surface area contributed by atoms with Crippen LogP contribution in [0.4, 0.5) is 0 Å². The van der Waals surface area contributed by atoms with Crippen LogP contribution in [0.15, 0.2) is 4.99 Å². The monoisotopic (exact) mass is 158 g/mol. The second-order valence-corrected chi connectivity index (χ2v) is 2.07. The van der Waals surface area contributed by atoms with Crippen molar-refractivity contribution >= 4 is 11.9 Å². The fraction of sp³-hybridized carbons (Fsp3) is 0.667. The number of carbonyl (C=O) groups excluding carboxylic acids is 1. The molecule has 0 saturated heterocycles. The number of ether oxygens (including phenoxy) is 2. The van der Waals surface area contributed by atoms with Gasteiger partial charge in [-0.2, -0.15) is 0 Å². The Bertz CT molecular complexity index is 190. The lowest BCUT2D eigenvalue weighted by atomic mass is 10.4. The Morgan fingerprint density at radius 3 is 3.18 bits per heavy atom. The third kappa shape index (κ3) is 1.68. The summed E-state index contributed by atoms with van der Waals surface area (Å²) in [4.78, 5) is 14.7. The van der Waals surface area contributed by atoms with Crippen molar-refractivity contribution in [3.8, 4) is 0 Å². The van der Waals surface area contributed by atoms with Crippen molar-refractivity contribution in [1.29, 1.82) is 0 Å². The topological polar surface area (TPSA) is 73.9 Å². The van der Waals surface area contributed by atoms with E-state index in [-0.39, 0.29) is 6.54 Å². The molecule has 0 radical (unpaired) electrons. The number of rotatable bonds is 2. The van der Waals surface area contributed by atoms with Gasteiger partial charge < -0.3 is 15.2 Å². The summed E-state index contributed by atoms with van der Waals surface area (Å²) in [6.07, 6.45) is -0.585. The van der Waals surface area contributed by atoms with Crippen LogP contribution in [0.1, 0.15) is 0 Å². The third-order valence-corrected chi connectivity index (χ3v) is 1.35. The quantitative estimate of drug-likeness (QED) is 0.518. The average Bonchev–Trinajstić information content (AvgIpc) is 2.50. The molecule has 0 aromatic rings. The van der Waals surface area contributed by atoms with Gasteiger partial charge in [-0.1, -0.05) is 0 Å². The van der Waals surface area contributed by atoms with Crippen molar-refractivity contribution in [3.05, 3.63) is 0 Å². The molecule has 5 nitrogen and oxygen atoms in total. The Morgan fingerprint density at radius 2 is 2.73 bits per heavy atom. The molecule has 0 fully saturated rings. The van der Waals surface area contributed by atoms with Gasteiger partial charge in [-0.05, 0) is 0 Å². The Balaban J connectivity index is 2.41. The van der Waals surface area contributed by atoms with Crippen LogP contribution in [0.25, 0.3) is 0 Å². The third-order valence-electron chi connectivity index (χ3n) is 1.35. The number of esters is 1. The van der Waals surface area contributed by atoms with E-state index in [4.69, 9.17) is 10.5 Å². The Labute approximate surface area is 64.2 Å². The minimum absolute atomic E-state index is 0.230. The van der Waals surface area contributed by atoms with Crippen molar-refractivity contribution in [2.24, 2.45) is 10.7 Å². The zero-order valence-corrected chi connectivity index (χ0v) is 6.24. The van der Waals surface area contributed by atoms with E-state index >= 15 is 0 Å². The molecule has 0 aromatic carbocycles. The number of carbonyl (C=O) groups is 1. The lowest BCUT2D eigenvalue weighted by molar-refractivity contribution is -0.148. The van der Waals surface area contributed by atoms with Crippen molar-refractivity contribution in [3.63, 3.8) is 0 Å². The summed E-state index contributed by atoms with van der Waals surface area (Å²) < 4.78 is 9.46. The molecule has 62 valence electrons. The lowest BCUT2D eigenvalue weighted by Crippen LogP contribution is -2.27. The van der Waals surface area contributed by atoms with Crippen LogP contribution in [0, 0.1) is 0 Å². The van der Waals surface area contributed by atoms with E-state index in [9.17, 15) is 4.79 Å². The Morgan fingerprint density at radius 1 is 2.00 bits per heavy atom. The maximum Gasteiger partial charge on any atom is 0.349 e. The molecular formula is C6H10N2O3. The Hall–Kier alpha value is -1.10. The fourth-order valence-electron chi connectivity index (χ4n) is 0.790. The van der Waals surface area contributed by atoms with Gasteiger partial charge in [0.25, 0.3) is 0 Å². The summed E-state index contributed by atoms with van der Waals surface area (Å²) in [6.45, 7) is 0.548. The van der Waals surface area contributed by atoms with Gasteiger partial charge in [-0.25, -0.2) is 9.79 Å². The van der Waals surface area contributed by atoms with E-state index in [0.29, 0.717) is 12.4 Å². The van der Waals surface area contributed by atoms with Crippen LogP contribution in [0.5, 0.6) is 0 Å². The summed E-state index contributed by atoms with van der Waals surface area (Å²) in [5, 5.41) is 0. The highest BCUT2D eigenvalue weighted by atomic mass is 16.6. The molecule has 1 unspecified atom stereocenters. The zero-order valence-electron chi connectivity index (χ0n) is 6.24. The van der Waals surface area contributed by atoms with Crippen molar-refractivity contribution in [2.45, 2.75) is 6.10 Å². The standard InChI is InChI=1S/C6H10N2O3/c1-10-6(9)4-3-8-5(2-7)11-4/h4H,2-3,7H2,1H3. The smallest absolute Gasteiger partial charge is 0.349 e. The first kappa shape index (κ1) is 8.00. The molecule has 11 heavy (non-hydrogen) atoms. The normalized spacial score (nSPS) is 22.4. The van der Waals surface area contributed by atoms with Gasteiger partial charge in [0.05, 0.1) is 20.2 Å². The molecule has 1 rings (SSSR count). The van der Waals surface area contributed by atoms with Crippen molar-refractivity contribution in [2.75, 3.05) is 20.2 Å². The summed E-state index contributed by atoms with van der Waals surface area (Å²) in [5.74, 6) is 0.0117. The highest BCUT2D eigenvalue weighted by molar-refractivity contribution is 5.85. The van der Waals surface area contributed by atoms with Gasteiger partial charge in [0, 0.05) is 0 Å². The van der Waals surface area contributed by atoms with E-state index in [2.05, 4.69) is 9.73 Å². The van der Waals surface area contributed by atoms with Gasteiger partial charge in [0.2, 0.25) is 6.10 Å². The second-order valence-electron chi connectivity index (χ2n) is 2.07. The van der Waals surface area contributed by atoms with Gasteiger partial charge >= 0.3 is 5.97 Å². The van der Waals surface area contributed by atoms with Gasteiger partial charge in [-0.3, -0.25) is 0 Å². The van der Waals surface area contributed by atoms with Crippen LogP contribution in [-0.2, 0) is 14.3 Å². The van der Waals surface area contributed by atoms with E-state index in [1.807, 2.05) is 0 Å². The molecule has 0 aromatic heterocycles. The first-order valence-corrected chi connectivity index (χ1v) is 3.25. The van der Waals surface area contributed by atoms with Gasteiger partial charge in [-0.15, -0.1) is 0 Å². The molecule has 1 atom stereocenters. The SMILES string of the molecule is COC(=O)C1CN=C(CN)O1. The summed E-state index contributed by atoms with van der Waals surface area (Å²) >= 11 is 0. The highest BCUT2D eigenvalue weighted by Crippen LogP contribution is 2.04. The van der Waals surface area contributed by atoms with E-state index < -0.39 is 12.1 Å². The average molecular weight is 158 g/mol. The number of aliphatic imine (C=N–C) groups is 1. The lowest BCUT2D eigenvalue weighted by Gasteiger charge is -2.06. The summed E-state index contributed by atoms with van der Waals surface area (Å²) in [6, 6.07) is 0. The van der Waals surface area contributed by atoms with Crippen LogP contribution in [0.3, 0.4) is 0 Å². The van der Waals surface area contributed by atoms with Crippen LogP contribution >= 0.6 is 0 Å². The van der Waals surface area contributed by atoms with Gasteiger partial charge in [0.1, 0.15) is 0 Å². The fourth-order valence-corrected chi connectivity index (χ4v) is 0.790. The predicted octanol–water partition coefficient (Wildman–Crippen LogP) is -1.08. The molecule has 0 saturated carbocycles. The molecular weight excluding hydrogens is 148 g/mol. The van der Waals surface area contributed by atoms with E-state index in [0.717, 1.165) is 0 Å². The number of nitrogens with zero attached hydrogens (tertiary/aromatic N) is 1. The van der Waals surface area contributed by atoms with E-state index in [1.165, 1.54) is 7.11 Å². The van der Waals surface area contributed by atoms with Gasteiger partial charge in [0.15, 0.2) is 5.90 Å². The molecule has 1 aliphatic rings. The zero-order chi connectivity index (χ0) is 8.27. The van der Waals surface area contributed by atoms with Crippen LogP contribution in [0.2, 0.25) is 0 Å². The summed E-state index contributed by atoms with van der Waals surface area (Å²) in [7, 11) is 1.31. The Kier molecular flexibility index (Phi) is 2.43. The number of hydrogen-bond donors (Lipinski definition) is 1. The highest BCUT2D eigenvalue weighted by Gasteiger charge is 2.26. The van der Waals surface area contributed by atoms with Crippen LogP contribution in [-0.4, -0.2) is 38.2 Å². The van der Waals surface area contributed by atoms with E-state index in [1.54, 1.807) is 0 Å². The van der Waals surface area contributed by atoms with Crippen LogP contribution < -0.4 is 5.73 Å². The largest absolute Gasteiger partial charge is 0.466 e. The molecule has 5 heteroatoms. The molecule has 0 aliphatic carbocycles. The molecule has 0 bridgehead atoms. The molecule has 1 aliphatic heterocycles. The predicted molar refractivity (Wildman–Crippen MR) is 38.2 cm³/mol.